The number of rotatable bonds is 6. The van der Waals surface area contributed by atoms with Crippen molar-refractivity contribution in [3.8, 4) is 5.75 Å². The number of nitrogens with one attached hydrogen (secondary N) is 2. The van der Waals surface area contributed by atoms with Crippen molar-refractivity contribution in [3.05, 3.63) is 41.6 Å². The largest absolute Gasteiger partial charge is 0.497 e. The second-order valence-corrected chi connectivity index (χ2v) is 6.20. The molecule has 0 aliphatic carbocycles. The van der Waals surface area contributed by atoms with Crippen LogP contribution >= 0.6 is 0 Å². The molecule has 21 heavy (non-hydrogen) atoms. The minimum atomic E-state index is -3.70. The number of ether oxygens (including phenoxy) is 1. The number of hydrogen-bond donors (Lipinski definition) is 3. The van der Waals surface area contributed by atoms with Crippen LogP contribution in [0.1, 0.15) is 24.1 Å². The van der Waals surface area contributed by atoms with Gasteiger partial charge >= 0.3 is 0 Å². The van der Waals surface area contributed by atoms with E-state index in [1.807, 2.05) is 12.1 Å². The number of nitrogens with zero attached hydrogens (tertiary/aromatic N) is 1. The predicted molar refractivity (Wildman–Crippen MR) is 78.2 cm³/mol. The molecule has 1 atom stereocenters. The Morgan fingerprint density at radius 1 is 1.38 bits per heavy atom. The molecule has 2 aromatic rings. The van der Waals surface area contributed by atoms with Crippen molar-refractivity contribution < 1.29 is 13.2 Å². The van der Waals surface area contributed by atoms with E-state index in [4.69, 9.17) is 10.5 Å². The van der Waals surface area contributed by atoms with E-state index >= 15 is 0 Å². The molecule has 0 bridgehead atoms. The van der Waals surface area contributed by atoms with Gasteiger partial charge in [0.15, 0.2) is 5.03 Å². The number of aromatic amines is 1. The van der Waals surface area contributed by atoms with Crippen LogP contribution in [0.4, 0.5) is 0 Å². The van der Waals surface area contributed by atoms with Gasteiger partial charge in [-0.15, -0.1) is 0 Å². The second kappa shape index (κ2) is 6.25. The zero-order valence-corrected chi connectivity index (χ0v) is 12.6. The molecular weight excluding hydrogens is 292 g/mol. The van der Waals surface area contributed by atoms with Crippen LogP contribution in [0.2, 0.25) is 0 Å². The smallest absolute Gasteiger partial charge is 0.258 e. The predicted octanol–water partition coefficient (Wildman–Crippen LogP) is 0.916. The highest BCUT2D eigenvalue weighted by Crippen LogP contribution is 2.20. The van der Waals surface area contributed by atoms with E-state index in [2.05, 4.69) is 14.9 Å². The molecule has 0 aliphatic rings. The maximum absolute atomic E-state index is 12.3. The monoisotopic (exact) mass is 310 g/mol. The molecule has 0 radical (unpaired) electrons. The minimum absolute atomic E-state index is 0.00496. The fourth-order valence-electron chi connectivity index (χ4n) is 1.93. The Hall–Kier alpha value is -1.90. The van der Waals surface area contributed by atoms with Gasteiger partial charge in [0.25, 0.3) is 10.0 Å². The molecular formula is C13H18N4O3S. The molecule has 0 saturated heterocycles. The summed E-state index contributed by atoms with van der Waals surface area (Å²) in [5.41, 5.74) is 6.78. The molecule has 1 heterocycles. The quantitative estimate of drug-likeness (QED) is 0.735. The van der Waals surface area contributed by atoms with E-state index < -0.39 is 16.1 Å². The fraction of sp³-hybridized carbons (Fsp3) is 0.308. The summed E-state index contributed by atoms with van der Waals surface area (Å²) in [6.07, 6.45) is 1.41. The lowest BCUT2D eigenvalue weighted by atomic mass is 10.1. The second-order valence-electron chi connectivity index (χ2n) is 4.54. The van der Waals surface area contributed by atoms with Crippen LogP contribution in [0.25, 0.3) is 0 Å². The van der Waals surface area contributed by atoms with Crippen molar-refractivity contribution in [2.75, 3.05) is 7.11 Å². The molecule has 7 nitrogen and oxygen atoms in total. The molecule has 0 fully saturated rings. The van der Waals surface area contributed by atoms with E-state index in [-0.39, 0.29) is 11.6 Å². The lowest BCUT2D eigenvalue weighted by Crippen LogP contribution is -2.28. The maximum atomic E-state index is 12.3. The van der Waals surface area contributed by atoms with Gasteiger partial charge in [-0.3, -0.25) is 5.10 Å². The van der Waals surface area contributed by atoms with Gasteiger partial charge in [-0.2, -0.15) is 5.10 Å². The zero-order chi connectivity index (χ0) is 15.5. The third kappa shape index (κ3) is 3.41. The van der Waals surface area contributed by atoms with Crippen LogP contribution in [-0.2, 0) is 16.6 Å². The highest BCUT2D eigenvalue weighted by Gasteiger charge is 2.22. The van der Waals surface area contributed by atoms with Gasteiger partial charge in [-0.1, -0.05) is 12.1 Å². The maximum Gasteiger partial charge on any atom is 0.258 e. The van der Waals surface area contributed by atoms with E-state index in [9.17, 15) is 8.42 Å². The standard InChI is InChI=1S/C13H18N4O3S/c1-9(10-3-5-12(20-2)6-4-10)17-21(18,19)13-11(7-14)8-15-16-13/h3-6,8-9,17H,7,14H2,1-2H3,(H,15,16). The summed E-state index contributed by atoms with van der Waals surface area (Å²) in [6.45, 7) is 1.86. The van der Waals surface area contributed by atoms with Crippen LogP contribution in [-0.4, -0.2) is 25.7 Å². The summed E-state index contributed by atoms with van der Waals surface area (Å²) in [4.78, 5) is 0. The van der Waals surface area contributed by atoms with E-state index in [1.165, 1.54) is 6.20 Å². The normalized spacial score (nSPS) is 13.1. The molecule has 8 heteroatoms. The first kappa shape index (κ1) is 15.5. The van der Waals surface area contributed by atoms with Gasteiger partial charge in [-0.05, 0) is 24.6 Å². The third-order valence-corrected chi connectivity index (χ3v) is 4.67. The molecule has 0 amide bonds. The van der Waals surface area contributed by atoms with E-state index in [0.717, 1.165) is 5.56 Å². The number of nitrogens with two attached hydrogens (primary N) is 1. The Kier molecular flexibility index (Phi) is 4.61. The highest BCUT2D eigenvalue weighted by atomic mass is 32.2. The van der Waals surface area contributed by atoms with Gasteiger partial charge in [0.05, 0.1) is 13.3 Å². The average molecular weight is 310 g/mol. The molecule has 114 valence electrons. The molecule has 1 aromatic heterocycles. The average Bonchev–Trinajstić information content (AvgIpc) is 2.96. The Labute approximate surface area is 123 Å². The van der Waals surface area contributed by atoms with E-state index in [0.29, 0.717) is 11.3 Å². The number of sulfonamides is 1. The van der Waals surface area contributed by atoms with Gasteiger partial charge in [0.1, 0.15) is 5.75 Å². The van der Waals surface area contributed by atoms with Crippen molar-refractivity contribution in [2.45, 2.75) is 24.5 Å². The van der Waals surface area contributed by atoms with Gasteiger partial charge in [0.2, 0.25) is 0 Å². The summed E-state index contributed by atoms with van der Waals surface area (Å²) in [5, 5.41) is 6.20. The Morgan fingerprint density at radius 3 is 2.62 bits per heavy atom. The molecule has 0 spiro atoms. The summed E-state index contributed by atoms with van der Waals surface area (Å²) < 4.78 is 32.3. The molecule has 1 aromatic carbocycles. The van der Waals surface area contributed by atoms with Crippen molar-refractivity contribution in [1.29, 1.82) is 0 Å². The van der Waals surface area contributed by atoms with Crippen molar-refractivity contribution >= 4 is 10.0 Å². The Balaban J connectivity index is 2.19. The van der Waals surface area contributed by atoms with Crippen molar-refractivity contribution in [3.63, 3.8) is 0 Å². The third-order valence-electron chi connectivity index (χ3n) is 3.11. The number of methoxy groups -OCH3 is 1. The molecule has 1 unspecified atom stereocenters. The Bertz CT molecular complexity index is 694. The molecule has 4 N–H and O–H groups in total. The van der Waals surface area contributed by atoms with E-state index in [1.54, 1.807) is 26.2 Å². The van der Waals surface area contributed by atoms with Crippen LogP contribution in [0, 0.1) is 0 Å². The van der Waals surface area contributed by atoms with Gasteiger partial charge in [0, 0.05) is 18.2 Å². The first-order valence-corrected chi connectivity index (χ1v) is 7.85. The number of hydrogen-bond acceptors (Lipinski definition) is 5. The van der Waals surface area contributed by atoms with Crippen LogP contribution in [0.3, 0.4) is 0 Å². The molecule has 2 rings (SSSR count). The van der Waals surface area contributed by atoms with Gasteiger partial charge in [-0.25, -0.2) is 13.1 Å². The Morgan fingerprint density at radius 2 is 2.05 bits per heavy atom. The highest BCUT2D eigenvalue weighted by molar-refractivity contribution is 7.89. The first-order valence-electron chi connectivity index (χ1n) is 6.36. The SMILES string of the molecule is COc1ccc(C(C)NS(=O)(=O)c2[nH]ncc2CN)cc1. The van der Waals surface area contributed by atoms with Crippen LogP contribution < -0.4 is 15.2 Å². The van der Waals surface area contributed by atoms with Crippen LogP contribution in [0.5, 0.6) is 5.75 Å². The number of H-pyrrole nitrogens is 1. The van der Waals surface area contributed by atoms with Crippen LogP contribution in [0.15, 0.2) is 35.5 Å². The lowest BCUT2D eigenvalue weighted by molar-refractivity contribution is 0.414. The summed E-state index contributed by atoms with van der Waals surface area (Å²) >= 11 is 0. The molecule has 0 saturated carbocycles. The minimum Gasteiger partial charge on any atom is -0.497 e. The summed E-state index contributed by atoms with van der Waals surface area (Å²) in [5.74, 6) is 0.716. The zero-order valence-electron chi connectivity index (χ0n) is 11.8. The fourth-order valence-corrected chi connectivity index (χ4v) is 3.30. The van der Waals surface area contributed by atoms with Gasteiger partial charge < -0.3 is 10.5 Å². The summed E-state index contributed by atoms with van der Waals surface area (Å²) in [6, 6.07) is 6.78. The molecule has 0 aliphatic heterocycles. The summed E-state index contributed by atoms with van der Waals surface area (Å²) in [7, 11) is -2.12. The first-order chi connectivity index (χ1) is 9.97. The number of aromatic nitrogens is 2. The van der Waals surface area contributed by atoms with Crippen molar-refractivity contribution in [1.82, 2.24) is 14.9 Å². The van der Waals surface area contributed by atoms with Crippen molar-refractivity contribution in [2.24, 2.45) is 5.73 Å². The topological polar surface area (TPSA) is 110 Å². The lowest BCUT2D eigenvalue weighted by Gasteiger charge is -2.14. The number of benzene rings is 1.